The van der Waals surface area contributed by atoms with Crippen LogP contribution in [0.4, 0.5) is 4.39 Å². The summed E-state index contributed by atoms with van der Waals surface area (Å²) in [6, 6.07) is 14.5. The Labute approximate surface area is 148 Å². The summed E-state index contributed by atoms with van der Waals surface area (Å²) in [7, 11) is 1.64. The molecular formula is C21H24FNO2. The molecule has 0 aromatic heterocycles. The lowest BCUT2D eigenvalue weighted by Crippen LogP contribution is -2.43. The van der Waals surface area contributed by atoms with Gasteiger partial charge in [-0.3, -0.25) is 4.79 Å². The summed E-state index contributed by atoms with van der Waals surface area (Å²) in [5, 5.41) is 3.03. The van der Waals surface area contributed by atoms with Crippen LogP contribution in [-0.4, -0.2) is 19.6 Å². The second kappa shape index (κ2) is 7.68. The van der Waals surface area contributed by atoms with Crippen molar-refractivity contribution in [3.05, 3.63) is 65.5 Å². The molecule has 0 spiro atoms. The van der Waals surface area contributed by atoms with Crippen LogP contribution >= 0.6 is 0 Å². The molecule has 1 N–H and O–H groups in total. The van der Waals surface area contributed by atoms with E-state index >= 15 is 0 Å². The largest absolute Gasteiger partial charge is 0.497 e. The maximum absolute atomic E-state index is 14.3. The molecule has 1 saturated carbocycles. The third-order valence-corrected chi connectivity index (χ3v) is 5.14. The summed E-state index contributed by atoms with van der Waals surface area (Å²) in [6.45, 7) is 0.543. The van der Waals surface area contributed by atoms with Gasteiger partial charge in [0.15, 0.2) is 0 Å². The van der Waals surface area contributed by atoms with Crippen LogP contribution in [0, 0.1) is 5.82 Å². The molecule has 1 amide bonds. The smallest absolute Gasteiger partial charge is 0.230 e. The Morgan fingerprint density at radius 3 is 2.44 bits per heavy atom. The van der Waals surface area contributed by atoms with Gasteiger partial charge in [-0.25, -0.2) is 4.39 Å². The van der Waals surface area contributed by atoms with E-state index in [9.17, 15) is 9.18 Å². The van der Waals surface area contributed by atoms with Gasteiger partial charge in [-0.2, -0.15) is 0 Å². The predicted molar refractivity (Wildman–Crippen MR) is 96.3 cm³/mol. The fourth-order valence-corrected chi connectivity index (χ4v) is 3.73. The molecule has 1 aliphatic carbocycles. The van der Waals surface area contributed by atoms with Gasteiger partial charge in [0.25, 0.3) is 0 Å². The number of methoxy groups -OCH3 is 1. The molecule has 2 aromatic carbocycles. The van der Waals surface area contributed by atoms with Gasteiger partial charge in [-0.15, -0.1) is 0 Å². The third-order valence-electron chi connectivity index (χ3n) is 5.14. The molecule has 0 saturated heterocycles. The summed E-state index contributed by atoms with van der Waals surface area (Å²) in [6.07, 6.45) is 4.08. The quantitative estimate of drug-likeness (QED) is 0.862. The molecule has 1 aliphatic rings. The fourth-order valence-electron chi connectivity index (χ4n) is 3.73. The Morgan fingerprint density at radius 1 is 1.12 bits per heavy atom. The monoisotopic (exact) mass is 341 g/mol. The molecule has 0 bridgehead atoms. The minimum absolute atomic E-state index is 0.0522. The number of rotatable bonds is 6. The molecule has 0 heterocycles. The first-order chi connectivity index (χ1) is 12.2. The van der Waals surface area contributed by atoms with E-state index in [1.807, 2.05) is 30.3 Å². The maximum atomic E-state index is 14.3. The Bertz CT molecular complexity index is 721. The van der Waals surface area contributed by atoms with E-state index in [-0.39, 0.29) is 11.7 Å². The number of carbonyl (C=O) groups is 1. The SMILES string of the molecule is COc1ccc(CCNC(=O)C2(c3ccccc3F)CCCC2)cc1. The van der Waals surface area contributed by atoms with Gasteiger partial charge in [0.1, 0.15) is 11.6 Å². The van der Waals surface area contributed by atoms with Crippen molar-refractivity contribution in [3.63, 3.8) is 0 Å². The van der Waals surface area contributed by atoms with Crippen LogP contribution in [0.5, 0.6) is 5.75 Å². The zero-order valence-corrected chi connectivity index (χ0v) is 14.6. The van der Waals surface area contributed by atoms with Gasteiger partial charge in [0.05, 0.1) is 12.5 Å². The third kappa shape index (κ3) is 3.68. The van der Waals surface area contributed by atoms with Crippen LogP contribution < -0.4 is 10.1 Å². The molecule has 0 unspecified atom stereocenters. The van der Waals surface area contributed by atoms with E-state index < -0.39 is 5.41 Å². The maximum Gasteiger partial charge on any atom is 0.230 e. The molecular weight excluding hydrogens is 317 g/mol. The van der Waals surface area contributed by atoms with Crippen molar-refractivity contribution in [1.29, 1.82) is 0 Å². The van der Waals surface area contributed by atoms with Gasteiger partial charge in [-0.05, 0) is 43.0 Å². The molecule has 2 aromatic rings. The Kier molecular flexibility index (Phi) is 5.37. The zero-order chi connectivity index (χ0) is 17.7. The van der Waals surface area contributed by atoms with Gasteiger partial charge < -0.3 is 10.1 Å². The predicted octanol–water partition coefficient (Wildman–Crippen LogP) is 4.01. The van der Waals surface area contributed by atoms with Crippen molar-refractivity contribution in [3.8, 4) is 5.75 Å². The highest BCUT2D eigenvalue weighted by molar-refractivity contribution is 5.88. The number of benzene rings is 2. The van der Waals surface area contributed by atoms with Gasteiger partial charge in [0.2, 0.25) is 5.91 Å². The number of ether oxygens (including phenoxy) is 1. The van der Waals surface area contributed by atoms with Crippen LogP contribution in [0.2, 0.25) is 0 Å². The first-order valence-electron chi connectivity index (χ1n) is 8.82. The Hall–Kier alpha value is -2.36. The molecule has 132 valence electrons. The van der Waals surface area contributed by atoms with Crippen LogP contribution in [-0.2, 0) is 16.6 Å². The number of halogens is 1. The summed E-state index contributed by atoms with van der Waals surface area (Å²) in [4.78, 5) is 12.9. The highest BCUT2D eigenvalue weighted by Crippen LogP contribution is 2.42. The fraction of sp³-hybridized carbons (Fsp3) is 0.381. The molecule has 1 fully saturated rings. The number of hydrogen-bond acceptors (Lipinski definition) is 2. The lowest BCUT2D eigenvalue weighted by atomic mass is 9.77. The van der Waals surface area contributed by atoms with Crippen LogP contribution in [0.25, 0.3) is 0 Å². The van der Waals surface area contributed by atoms with Crippen molar-refractivity contribution in [2.24, 2.45) is 0 Å². The number of nitrogens with one attached hydrogen (secondary N) is 1. The van der Waals surface area contributed by atoms with Crippen LogP contribution in [0.1, 0.15) is 36.8 Å². The normalized spacial score (nSPS) is 15.8. The topological polar surface area (TPSA) is 38.3 Å². The van der Waals surface area contributed by atoms with E-state index in [2.05, 4.69) is 5.32 Å². The average Bonchev–Trinajstić information content (AvgIpc) is 3.13. The summed E-state index contributed by atoms with van der Waals surface area (Å²) in [5.74, 6) is 0.482. The number of hydrogen-bond donors (Lipinski definition) is 1. The molecule has 3 nitrogen and oxygen atoms in total. The average molecular weight is 341 g/mol. The highest BCUT2D eigenvalue weighted by Gasteiger charge is 2.44. The molecule has 0 radical (unpaired) electrons. The van der Waals surface area contributed by atoms with E-state index in [1.54, 1.807) is 19.2 Å². The first-order valence-corrected chi connectivity index (χ1v) is 8.82. The number of carbonyl (C=O) groups excluding carboxylic acids is 1. The van der Waals surface area contributed by atoms with Crippen molar-refractivity contribution < 1.29 is 13.9 Å². The standard InChI is InChI=1S/C21H24FNO2/c1-25-17-10-8-16(9-11-17)12-15-23-20(24)21(13-4-5-14-21)18-6-2-3-7-19(18)22/h2-3,6-11H,4-5,12-15H2,1H3,(H,23,24). The van der Waals surface area contributed by atoms with E-state index in [4.69, 9.17) is 4.74 Å². The number of amides is 1. The van der Waals surface area contributed by atoms with E-state index in [0.29, 0.717) is 24.9 Å². The van der Waals surface area contributed by atoms with Crippen molar-refractivity contribution in [2.75, 3.05) is 13.7 Å². The molecule has 4 heteroatoms. The van der Waals surface area contributed by atoms with Crippen molar-refractivity contribution in [1.82, 2.24) is 5.32 Å². The van der Waals surface area contributed by atoms with Crippen LogP contribution in [0.15, 0.2) is 48.5 Å². The van der Waals surface area contributed by atoms with Crippen molar-refractivity contribution in [2.45, 2.75) is 37.5 Å². The highest BCUT2D eigenvalue weighted by atomic mass is 19.1. The second-order valence-electron chi connectivity index (χ2n) is 6.62. The molecule has 25 heavy (non-hydrogen) atoms. The molecule has 0 aliphatic heterocycles. The lowest BCUT2D eigenvalue weighted by Gasteiger charge is -2.28. The van der Waals surface area contributed by atoms with Gasteiger partial charge >= 0.3 is 0 Å². The summed E-state index contributed by atoms with van der Waals surface area (Å²) < 4.78 is 19.5. The summed E-state index contributed by atoms with van der Waals surface area (Å²) in [5.41, 5.74) is 0.951. The van der Waals surface area contributed by atoms with Gasteiger partial charge in [0, 0.05) is 12.1 Å². The Morgan fingerprint density at radius 2 is 1.80 bits per heavy atom. The first kappa shape index (κ1) is 17.5. The van der Waals surface area contributed by atoms with E-state index in [0.717, 1.165) is 30.6 Å². The molecule has 0 atom stereocenters. The lowest BCUT2D eigenvalue weighted by molar-refractivity contribution is -0.126. The van der Waals surface area contributed by atoms with E-state index in [1.165, 1.54) is 6.07 Å². The minimum atomic E-state index is -0.717. The minimum Gasteiger partial charge on any atom is -0.497 e. The van der Waals surface area contributed by atoms with Crippen LogP contribution in [0.3, 0.4) is 0 Å². The molecule has 3 rings (SSSR count). The van der Waals surface area contributed by atoms with Gasteiger partial charge in [-0.1, -0.05) is 43.2 Å². The zero-order valence-electron chi connectivity index (χ0n) is 14.6. The summed E-state index contributed by atoms with van der Waals surface area (Å²) >= 11 is 0. The second-order valence-corrected chi connectivity index (χ2v) is 6.62. The Balaban J connectivity index is 1.66. The van der Waals surface area contributed by atoms with Crippen molar-refractivity contribution >= 4 is 5.91 Å².